The molecule has 0 aliphatic rings. The molecule has 0 aliphatic heterocycles. The van der Waals surface area contributed by atoms with Crippen LogP contribution in [0.25, 0.3) is 0 Å². The largest absolute Gasteiger partial charge is 0.372 e. The van der Waals surface area contributed by atoms with Gasteiger partial charge in [0.1, 0.15) is 0 Å². The molecule has 0 aliphatic carbocycles. The second-order valence-electron chi connectivity index (χ2n) is 3.47. The number of benzene rings is 1. The van der Waals surface area contributed by atoms with Gasteiger partial charge >= 0.3 is 0 Å². The van der Waals surface area contributed by atoms with Gasteiger partial charge in [-0.15, -0.1) is 0 Å². The van der Waals surface area contributed by atoms with Gasteiger partial charge in [-0.25, -0.2) is 0 Å². The number of aromatic nitrogens is 1. The molecule has 2 nitrogen and oxygen atoms in total. The van der Waals surface area contributed by atoms with Crippen molar-refractivity contribution in [2.75, 3.05) is 0 Å². The van der Waals surface area contributed by atoms with E-state index in [0.717, 1.165) is 16.1 Å². The van der Waals surface area contributed by atoms with Crippen molar-refractivity contribution < 1.29 is 4.74 Å². The van der Waals surface area contributed by atoms with Crippen LogP contribution in [-0.4, -0.2) is 4.98 Å². The Morgan fingerprint density at radius 2 is 1.44 bits per heavy atom. The molecule has 1 heterocycles. The molecule has 0 spiro atoms. The SMILES string of the molecule is Clc1ccc(COCc2ccncc2)cc1. The van der Waals surface area contributed by atoms with Crippen LogP contribution in [0.3, 0.4) is 0 Å². The number of hydrogen-bond donors (Lipinski definition) is 0. The Morgan fingerprint density at radius 3 is 2.06 bits per heavy atom. The molecule has 0 unspecified atom stereocenters. The molecule has 0 N–H and O–H groups in total. The minimum Gasteiger partial charge on any atom is -0.372 e. The van der Waals surface area contributed by atoms with Crippen molar-refractivity contribution in [2.24, 2.45) is 0 Å². The Labute approximate surface area is 99.9 Å². The van der Waals surface area contributed by atoms with Crippen LogP contribution in [0.2, 0.25) is 5.02 Å². The minimum absolute atomic E-state index is 0.597. The Balaban J connectivity index is 1.82. The van der Waals surface area contributed by atoms with Crippen LogP contribution in [0.5, 0.6) is 0 Å². The molecular formula is C13H12ClNO. The second-order valence-corrected chi connectivity index (χ2v) is 3.91. The molecule has 3 heteroatoms. The van der Waals surface area contributed by atoms with E-state index in [1.165, 1.54) is 0 Å². The number of pyridine rings is 1. The zero-order valence-electron chi connectivity index (χ0n) is 8.77. The maximum Gasteiger partial charge on any atom is 0.0722 e. The molecule has 1 aromatic heterocycles. The highest BCUT2D eigenvalue weighted by Gasteiger charge is 1.95. The van der Waals surface area contributed by atoms with Crippen molar-refractivity contribution in [2.45, 2.75) is 13.2 Å². The van der Waals surface area contributed by atoms with Gasteiger partial charge in [-0.05, 0) is 35.4 Å². The predicted octanol–water partition coefficient (Wildman–Crippen LogP) is 3.45. The lowest BCUT2D eigenvalue weighted by atomic mass is 10.2. The summed E-state index contributed by atoms with van der Waals surface area (Å²) in [6, 6.07) is 11.6. The number of hydrogen-bond acceptors (Lipinski definition) is 2. The van der Waals surface area contributed by atoms with Crippen LogP contribution < -0.4 is 0 Å². The normalized spacial score (nSPS) is 10.3. The molecule has 0 saturated carbocycles. The summed E-state index contributed by atoms with van der Waals surface area (Å²) in [5, 5.41) is 0.748. The first-order valence-electron chi connectivity index (χ1n) is 5.06. The van der Waals surface area contributed by atoms with Gasteiger partial charge in [0.2, 0.25) is 0 Å². The first kappa shape index (κ1) is 11.1. The zero-order valence-corrected chi connectivity index (χ0v) is 9.52. The number of nitrogens with zero attached hydrogens (tertiary/aromatic N) is 1. The summed E-state index contributed by atoms with van der Waals surface area (Å²) in [6.45, 7) is 1.20. The maximum absolute atomic E-state index is 5.79. The average molecular weight is 234 g/mol. The van der Waals surface area contributed by atoms with E-state index in [1.54, 1.807) is 12.4 Å². The first-order chi connectivity index (χ1) is 7.84. The smallest absolute Gasteiger partial charge is 0.0722 e. The summed E-state index contributed by atoms with van der Waals surface area (Å²) in [5.41, 5.74) is 2.25. The lowest BCUT2D eigenvalue weighted by Gasteiger charge is -2.04. The van der Waals surface area contributed by atoms with Crippen molar-refractivity contribution >= 4 is 11.6 Å². The summed E-state index contributed by atoms with van der Waals surface area (Å²) in [4.78, 5) is 3.95. The number of halogens is 1. The Bertz CT molecular complexity index is 427. The topological polar surface area (TPSA) is 22.1 Å². The molecule has 0 saturated heterocycles. The zero-order chi connectivity index (χ0) is 11.2. The molecule has 0 bridgehead atoms. The lowest BCUT2D eigenvalue weighted by molar-refractivity contribution is 0.107. The molecule has 82 valence electrons. The van der Waals surface area contributed by atoms with Crippen molar-refractivity contribution in [3.05, 3.63) is 64.9 Å². The summed E-state index contributed by atoms with van der Waals surface area (Å²) in [6.07, 6.45) is 3.53. The number of ether oxygens (including phenoxy) is 1. The van der Waals surface area contributed by atoms with Gasteiger partial charge in [0.15, 0.2) is 0 Å². The third-order valence-corrected chi connectivity index (χ3v) is 2.45. The molecule has 0 fully saturated rings. The average Bonchev–Trinajstić information content (AvgIpc) is 2.33. The quantitative estimate of drug-likeness (QED) is 0.807. The van der Waals surface area contributed by atoms with Gasteiger partial charge in [0.25, 0.3) is 0 Å². The fourth-order valence-corrected chi connectivity index (χ4v) is 1.47. The monoisotopic (exact) mass is 233 g/mol. The standard InChI is InChI=1S/C13H12ClNO/c14-13-3-1-11(2-4-13)9-16-10-12-5-7-15-8-6-12/h1-8H,9-10H2. The Morgan fingerprint density at radius 1 is 0.875 bits per heavy atom. The fraction of sp³-hybridized carbons (Fsp3) is 0.154. The highest BCUT2D eigenvalue weighted by Crippen LogP contribution is 2.11. The molecular weight excluding hydrogens is 222 g/mol. The van der Waals surface area contributed by atoms with Crippen LogP contribution in [0.4, 0.5) is 0 Å². The van der Waals surface area contributed by atoms with E-state index >= 15 is 0 Å². The van der Waals surface area contributed by atoms with Crippen LogP contribution >= 0.6 is 11.6 Å². The van der Waals surface area contributed by atoms with E-state index in [4.69, 9.17) is 16.3 Å². The summed E-state index contributed by atoms with van der Waals surface area (Å²) in [7, 11) is 0. The molecule has 2 rings (SSSR count). The summed E-state index contributed by atoms with van der Waals surface area (Å²) in [5.74, 6) is 0. The fourth-order valence-electron chi connectivity index (χ4n) is 1.35. The van der Waals surface area contributed by atoms with Crippen LogP contribution in [0, 0.1) is 0 Å². The highest BCUT2D eigenvalue weighted by molar-refractivity contribution is 6.30. The van der Waals surface area contributed by atoms with Gasteiger partial charge in [0, 0.05) is 17.4 Å². The van der Waals surface area contributed by atoms with Crippen LogP contribution in [0.1, 0.15) is 11.1 Å². The Hall–Kier alpha value is -1.38. The van der Waals surface area contributed by atoms with Crippen LogP contribution in [-0.2, 0) is 18.0 Å². The van der Waals surface area contributed by atoms with Gasteiger partial charge < -0.3 is 4.74 Å². The van der Waals surface area contributed by atoms with E-state index in [-0.39, 0.29) is 0 Å². The van der Waals surface area contributed by atoms with Crippen LogP contribution in [0.15, 0.2) is 48.8 Å². The number of rotatable bonds is 4. The molecule has 2 aromatic rings. The van der Waals surface area contributed by atoms with E-state index < -0.39 is 0 Å². The first-order valence-corrected chi connectivity index (χ1v) is 5.43. The molecule has 0 radical (unpaired) electrons. The molecule has 0 atom stereocenters. The second kappa shape index (κ2) is 5.64. The summed E-state index contributed by atoms with van der Waals surface area (Å²) < 4.78 is 5.57. The summed E-state index contributed by atoms with van der Waals surface area (Å²) >= 11 is 5.79. The lowest BCUT2D eigenvalue weighted by Crippen LogP contribution is -1.93. The van der Waals surface area contributed by atoms with E-state index in [1.807, 2.05) is 36.4 Å². The maximum atomic E-state index is 5.79. The predicted molar refractivity (Wildman–Crippen MR) is 64.2 cm³/mol. The third-order valence-electron chi connectivity index (χ3n) is 2.20. The molecule has 1 aromatic carbocycles. The van der Waals surface area contributed by atoms with Gasteiger partial charge in [-0.2, -0.15) is 0 Å². The van der Waals surface area contributed by atoms with Gasteiger partial charge in [0.05, 0.1) is 13.2 Å². The minimum atomic E-state index is 0.597. The van der Waals surface area contributed by atoms with Gasteiger partial charge in [-0.3, -0.25) is 4.98 Å². The highest BCUT2D eigenvalue weighted by atomic mass is 35.5. The molecule has 16 heavy (non-hydrogen) atoms. The van der Waals surface area contributed by atoms with Crippen molar-refractivity contribution in [1.29, 1.82) is 0 Å². The molecule has 0 amide bonds. The van der Waals surface area contributed by atoms with E-state index in [2.05, 4.69) is 4.98 Å². The van der Waals surface area contributed by atoms with Crippen molar-refractivity contribution in [1.82, 2.24) is 4.98 Å². The van der Waals surface area contributed by atoms with Crippen molar-refractivity contribution in [3.8, 4) is 0 Å². The van der Waals surface area contributed by atoms with E-state index in [0.29, 0.717) is 13.2 Å². The van der Waals surface area contributed by atoms with E-state index in [9.17, 15) is 0 Å². The van der Waals surface area contributed by atoms with Gasteiger partial charge in [-0.1, -0.05) is 23.7 Å². The van der Waals surface area contributed by atoms with Crippen molar-refractivity contribution in [3.63, 3.8) is 0 Å². The third kappa shape index (κ3) is 3.33. The Kier molecular flexibility index (Phi) is 3.91.